The van der Waals surface area contributed by atoms with Gasteiger partial charge in [0.25, 0.3) is 11.7 Å². The molecule has 9 heteroatoms. The lowest BCUT2D eigenvalue weighted by Gasteiger charge is -2.31. The van der Waals surface area contributed by atoms with E-state index < -0.39 is 0 Å². The molecule has 0 bridgehead atoms. The van der Waals surface area contributed by atoms with E-state index in [1.165, 1.54) is 10.5 Å². The first-order chi connectivity index (χ1) is 13.7. The number of hydrogen-bond acceptors (Lipinski definition) is 6. The van der Waals surface area contributed by atoms with E-state index in [1.807, 2.05) is 30.0 Å². The minimum absolute atomic E-state index is 0.132. The van der Waals surface area contributed by atoms with Gasteiger partial charge in [0.15, 0.2) is 11.5 Å². The van der Waals surface area contributed by atoms with Crippen LogP contribution >= 0.6 is 0 Å². The van der Waals surface area contributed by atoms with Gasteiger partial charge in [-0.15, -0.1) is 5.10 Å². The molecule has 1 saturated heterocycles. The normalized spacial score (nSPS) is 16.7. The molecule has 0 atom stereocenters. The molecule has 9 nitrogen and oxygen atoms in total. The molecule has 28 heavy (non-hydrogen) atoms. The first kappa shape index (κ1) is 16.9. The van der Waals surface area contributed by atoms with E-state index in [-0.39, 0.29) is 11.7 Å². The predicted molar refractivity (Wildman–Crippen MR) is 98.4 cm³/mol. The summed E-state index contributed by atoms with van der Waals surface area (Å²) in [6.07, 6.45) is 1.67. The topological polar surface area (TPSA) is 86.3 Å². The number of rotatable bonds is 3. The van der Waals surface area contributed by atoms with Gasteiger partial charge in [-0.2, -0.15) is 4.98 Å². The highest BCUT2D eigenvalue weighted by atomic mass is 16.7. The summed E-state index contributed by atoms with van der Waals surface area (Å²) in [5, 5.41) is 4.33. The van der Waals surface area contributed by atoms with Crippen LogP contribution in [0.3, 0.4) is 0 Å². The largest absolute Gasteiger partial charge is 0.454 e. The summed E-state index contributed by atoms with van der Waals surface area (Å²) in [6, 6.07) is 7.92. The molecular weight excluding hydrogens is 360 g/mol. The van der Waals surface area contributed by atoms with Crippen molar-refractivity contribution in [3.63, 3.8) is 0 Å². The molecular formula is C19H21N6O3+. The Morgan fingerprint density at radius 3 is 2.82 bits per heavy atom. The number of aromatic nitrogens is 4. The molecule has 4 heterocycles. The SMILES string of the molecule is Cc1ccnc2nc(C(=O)N3CC[NH+](Cc4ccc5c(c4)OCO5)CC3)nn12. The number of ether oxygens (including phenoxy) is 2. The summed E-state index contributed by atoms with van der Waals surface area (Å²) < 4.78 is 12.4. The Balaban J connectivity index is 1.22. The Morgan fingerprint density at radius 2 is 2.00 bits per heavy atom. The predicted octanol–water partition coefficient (Wildman–Crippen LogP) is -0.298. The number of nitrogens with one attached hydrogen (secondary N) is 1. The monoisotopic (exact) mass is 381 g/mol. The minimum Gasteiger partial charge on any atom is -0.454 e. The second-order valence-corrected chi connectivity index (χ2v) is 7.14. The van der Waals surface area contributed by atoms with Crippen LogP contribution in [0.25, 0.3) is 5.78 Å². The number of amides is 1. The molecule has 0 spiro atoms. The van der Waals surface area contributed by atoms with E-state index in [0.717, 1.165) is 36.8 Å². The van der Waals surface area contributed by atoms with Crippen LogP contribution in [0.1, 0.15) is 21.9 Å². The number of hydrogen-bond donors (Lipinski definition) is 1. The van der Waals surface area contributed by atoms with Crippen molar-refractivity contribution < 1.29 is 19.2 Å². The minimum atomic E-state index is -0.132. The molecule has 1 N–H and O–H groups in total. The molecule has 2 aliphatic heterocycles. The van der Waals surface area contributed by atoms with Crippen LogP contribution in [0.5, 0.6) is 11.5 Å². The molecule has 2 aliphatic rings. The zero-order valence-corrected chi connectivity index (χ0v) is 15.6. The number of benzene rings is 1. The fourth-order valence-electron chi connectivity index (χ4n) is 3.68. The summed E-state index contributed by atoms with van der Waals surface area (Å²) in [7, 11) is 0. The van der Waals surface area contributed by atoms with Crippen molar-refractivity contribution in [2.75, 3.05) is 33.0 Å². The van der Waals surface area contributed by atoms with E-state index >= 15 is 0 Å². The standard InChI is InChI=1S/C19H20N6O3/c1-13-4-5-20-19-21-17(22-25(13)19)18(26)24-8-6-23(7-9-24)11-14-2-3-15-16(10-14)28-12-27-15/h2-5,10H,6-9,11-12H2,1H3/p+1. The van der Waals surface area contributed by atoms with Crippen LogP contribution in [-0.2, 0) is 6.54 Å². The third kappa shape index (κ3) is 3.03. The molecule has 3 aromatic rings. The molecule has 1 aromatic carbocycles. The summed E-state index contributed by atoms with van der Waals surface area (Å²) in [5.74, 6) is 2.15. The number of carbonyl (C=O) groups excluding carboxylic acids is 1. The van der Waals surface area contributed by atoms with Crippen molar-refractivity contribution in [1.29, 1.82) is 0 Å². The van der Waals surface area contributed by atoms with Crippen LogP contribution in [0.2, 0.25) is 0 Å². The molecule has 0 unspecified atom stereocenters. The molecule has 1 amide bonds. The lowest BCUT2D eigenvalue weighted by atomic mass is 10.1. The Labute approximate surface area is 161 Å². The van der Waals surface area contributed by atoms with E-state index in [0.29, 0.717) is 25.7 Å². The van der Waals surface area contributed by atoms with Crippen LogP contribution in [0.15, 0.2) is 30.5 Å². The van der Waals surface area contributed by atoms with Gasteiger partial charge in [-0.25, -0.2) is 9.50 Å². The first-order valence-electron chi connectivity index (χ1n) is 9.37. The zero-order chi connectivity index (χ0) is 19.1. The van der Waals surface area contributed by atoms with Crippen LogP contribution in [0.4, 0.5) is 0 Å². The maximum atomic E-state index is 12.8. The fraction of sp³-hybridized carbons (Fsp3) is 0.368. The van der Waals surface area contributed by atoms with Crippen molar-refractivity contribution in [1.82, 2.24) is 24.5 Å². The first-order valence-corrected chi connectivity index (χ1v) is 9.37. The Kier molecular flexibility index (Phi) is 4.09. The number of nitrogens with zero attached hydrogens (tertiary/aromatic N) is 5. The zero-order valence-electron chi connectivity index (χ0n) is 15.6. The molecule has 0 radical (unpaired) electrons. The third-order valence-corrected chi connectivity index (χ3v) is 5.27. The van der Waals surface area contributed by atoms with E-state index in [9.17, 15) is 4.79 Å². The van der Waals surface area contributed by atoms with Gasteiger partial charge in [0, 0.05) is 17.5 Å². The highest BCUT2D eigenvalue weighted by Crippen LogP contribution is 2.32. The summed E-state index contributed by atoms with van der Waals surface area (Å²) in [5.41, 5.74) is 2.11. The van der Waals surface area contributed by atoms with Gasteiger partial charge in [0.2, 0.25) is 12.6 Å². The number of quaternary nitrogens is 1. The number of aryl methyl sites for hydroxylation is 1. The van der Waals surface area contributed by atoms with Crippen molar-refractivity contribution >= 4 is 11.7 Å². The second-order valence-electron chi connectivity index (χ2n) is 7.14. The van der Waals surface area contributed by atoms with Gasteiger partial charge in [0.1, 0.15) is 6.54 Å². The van der Waals surface area contributed by atoms with E-state index in [1.54, 1.807) is 10.7 Å². The van der Waals surface area contributed by atoms with Gasteiger partial charge in [-0.1, -0.05) is 0 Å². The average molecular weight is 381 g/mol. The van der Waals surface area contributed by atoms with Gasteiger partial charge in [-0.3, -0.25) is 4.79 Å². The van der Waals surface area contributed by atoms with Gasteiger partial charge >= 0.3 is 0 Å². The highest BCUT2D eigenvalue weighted by Gasteiger charge is 2.27. The summed E-state index contributed by atoms with van der Waals surface area (Å²) in [4.78, 5) is 24.5. The summed E-state index contributed by atoms with van der Waals surface area (Å²) in [6.45, 7) is 6.22. The molecule has 0 saturated carbocycles. The van der Waals surface area contributed by atoms with Crippen molar-refractivity contribution in [3.05, 3.63) is 47.5 Å². The molecule has 1 fully saturated rings. The van der Waals surface area contributed by atoms with Crippen LogP contribution < -0.4 is 14.4 Å². The maximum Gasteiger partial charge on any atom is 0.294 e. The summed E-state index contributed by atoms with van der Waals surface area (Å²) >= 11 is 0. The highest BCUT2D eigenvalue weighted by molar-refractivity contribution is 5.90. The second kappa shape index (κ2) is 6.75. The molecule has 5 rings (SSSR count). The van der Waals surface area contributed by atoms with Gasteiger partial charge in [0.05, 0.1) is 26.2 Å². The lowest BCUT2D eigenvalue weighted by molar-refractivity contribution is -0.917. The lowest BCUT2D eigenvalue weighted by Crippen LogP contribution is -3.13. The molecule has 2 aromatic heterocycles. The number of piperazine rings is 1. The maximum absolute atomic E-state index is 12.8. The van der Waals surface area contributed by atoms with Gasteiger partial charge < -0.3 is 19.3 Å². The number of fused-ring (bicyclic) bond motifs is 2. The van der Waals surface area contributed by atoms with E-state index in [4.69, 9.17) is 9.47 Å². The Hall–Kier alpha value is -3.20. The van der Waals surface area contributed by atoms with Crippen molar-refractivity contribution in [3.8, 4) is 11.5 Å². The van der Waals surface area contributed by atoms with Crippen molar-refractivity contribution in [2.45, 2.75) is 13.5 Å². The molecule has 0 aliphatic carbocycles. The van der Waals surface area contributed by atoms with Gasteiger partial charge in [-0.05, 0) is 31.2 Å². The van der Waals surface area contributed by atoms with Crippen molar-refractivity contribution in [2.24, 2.45) is 0 Å². The average Bonchev–Trinajstić information content (AvgIpc) is 3.35. The quantitative estimate of drug-likeness (QED) is 0.671. The third-order valence-electron chi connectivity index (χ3n) is 5.27. The fourth-order valence-corrected chi connectivity index (χ4v) is 3.68. The van der Waals surface area contributed by atoms with Crippen LogP contribution in [0, 0.1) is 6.92 Å². The number of carbonyl (C=O) groups is 1. The Bertz CT molecular complexity index is 1040. The molecule has 144 valence electrons. The smallest absolute Gasteiger partial charge is 0.294 e. The van der Waals surface area contributed by atoms with Crippen LogP contribution in [-0.4, -0.2) is 63.4 Å². The Morgan fingerprint density at radius 1 is 1.18 bits per heavy atom. The van der Waals surface area contributed by atoms with E-state index in [2.05, 4.69) is 21.1 Å².